The summed E-state index contributed by atoms with van der Waals surface area (Å²) in [6, 6.07) is 0.179. The molecule has 65 heavy (non-hydrogen) atoms. The topological polar surface area (TPSA) is 186 Å². The van der Waals surface area contributed by atoms with Crippen LogP contribution < -0.4 is 11.1 Å². The van der Waals surface area contributed by atoms with E-state index in [0.717, 1.165) is 49.9 Å². The number of imidazole rings is 1. The quantitative estimate of drug-likeness (QED) is 0.0557. The Balaban J connectivity index is 1.09. The Morgan fingerprint density at radius 2 is 1.80 bits per heavy atom. The second kappa shape index (κ2) is 16.1. The molecular weight excluding hydrogens is 855 g/mol. The lowest BCUT2D eigenvalue weighted by atomic mass is 9.42. The van der Waals surface area contributed by atoms with Crippen LogP contribution in [-0.2, 0) is 4.79 Å². The van der Waals surface area contributed by atoms with Gasteiger partial charge in [0.25, 0.3) is 0 Å². The van der Waals surface area contributed by atoms with E-state index in [-0.39, 0.29) is 71.5 Å². The van der Waals surface area contributed by atoms with Gasteiger partial charge in [-0.2, -0.15) is 0 Å². The number of aliphatic hydroxyl groups is 5. The van der Waals surface area contributed by atoms with Crippen molar-refractivity contribution in [1.82, 2.24) is 14.9 Å². The van der Waals surface area contributed by atoms with Crippen molar-refractivity contribution in [3.8, 4) is 0 Å². The van der Waals surface area contributed by atoms with Gasteiger partial charge in [0.1, 0.15) is 6.23 Å². The summed E-state index contributed by atoms with van der Waals surface area (Å²) in [7, 11) is 3.72. The number of carbonyl (C=O) groups excluding carboxylic acids is 1. The lowest BCUT2D eigenvalue weighted by Gasteiger charge is -2.64. The zero-order valence-corrected chi connectivity index (χ0v) is 40.6. The standard InChI is InChI=1S/C52H73N5O6S2/c1-26(58)56-48(53)55-22-30-19-51(5)35-16-31(52(51,63)37-18-38(59)36-17-39(60)40(61)21-50(36,4)45(30)37)23-64-65-24-32(57-14-13-54-25-57)20-49(2,3)46-33-8-6-7-27-9-10-28-11-12-29-15-34(35)47(62)44(46)43(29)42(28)41(27)33/h9-10,13-14,18,25-32,34-36,39-41,44-45,47,58,60-63H,6-8,11-12,15-17,19-24H2,1-5H3,(H3,53,55,56). The molecule has 5 saturated carbocycles. The summed E-state index contributed by atoms with van der Waals surface area (Å²) in [6.07, 6.45) is 18.7. The van der Waals surface area contributed by atoms with E-state index in [1.54, 1.807) is 29.7 Å². The molecule has 354 valence electrons. The molecule has 10 aliphatic rings. The van der Waals surface area contributed by atoms with Crippen molar-refractivity contribution < 1.29 is 30.3 Å². The number of ketones is 1. The van der Waals surface area contributed by atoms with Crippen LogP contribution >= 0.6 is 21.6 Å². The summed E-state index contributed by atoms with van der Waals surface area (Å²) in [5.41, 5.74) is 10.5. The Bertz CT molecular complexity index is 2240. The minimum Gasteiger partial charge on any atom is -0.392 e. The van der Waals surface area contributed by atoms with Crippen molar-refractivity contribution >= 4 is 33.3 Å². The second-order valence-electron chi connectivity index (χ2n) is 23.7. The van der Waals surface area contributed by atoms with Gasteiger partial charge in [-0.1, -0.05) is 83.7 Å². The third-order valence-electron chi connectivity index (χ3n) is 19.9. The predicted molar refractivity (Wildman–Crippen MR) is 256 cm³/mol. The highest BCUT2D eigenvalue weighted by atomic mass is 33.1. The van der Waals surface area contributed by atoms with E-state index in [1.807, 2.05) is 34.1 Å². The van der Waals surface area contributed by atoms with Crippen molar-refractivity contribution in [2.45, 2.75) is 141 Å². The number of carbonyl (C=O) groups is 1. The molecule has 0 spiro atoms. The number of aromatic nitrogens is 2. The molecule has 6 fully saturated rings. The van der Waals surface area contributed by atoms with Gasteiger partial charge in [0.15, 0.2) is 11.7 Å². The molecule has 1 aromatic rings. The Labute approximate surface area is 393 Å². The third-order valence-corrected chi connectivity index (χ3v) is 22.5. The van der Waals surface area contributed by atoms with E-state index in [2.05, 4.69) is 60.9 Å². The number of aliphatic hydroxyl groups excluding tert-OH is 4. The van der Waals surface area contributed by atoms with E-state index in [4.69, 9.17) is 10.7 Å². The zero-order chi connectivity index (χ0) is 45.5. The summed E-state index contributed by atoms with van der Waals surface area (Å²) in [5.74, 6) is 2.03. The van der Waals surface area contributed by atoms with E-state index in [1.165, 1.54) is 18.4 Å². The number of nitrogens with zero attached hydrogens (tertiary/aromatic N) is 3. The molecule has 19 unspecified atom stereocenters. The van der Waals surface area contributed by atoms with Crippen LogP contribution in [0.15, 0.2) is 69.8 Å². The molecule has 0 radical (unpaired) electrons. The highest BCUT2D eigenvalue weighted by Gasteiger charge is 2.73. The molecule has 0 aromatic carbocycles. The number of rotatable bonds is 4. The zero-order valence-electron chi connectivity index (χ0n) is 39.0. The number of hydrogen-bond donors (Lipinski definition) is 7. The van der Waals surface area contributed by atoms with Gasteiger partial charge in [-0.15, -0.1) is 0 Å². The van der Waals surface area contributed by atoms with Gasteiger partial charge < -0.3 is 41.2 Å². The van der Waals surface area contributed by atoms with Gasteiger partial charge in [0.05, 0.1) is 30.2 Å². The maximum Gasteiger partial charge on any atom is 0.190 e. The van der Waals surface area contributed by atoms with Gasteiger partial charge in [-0.3, -0.25) is 9.79 Å². The first-order valence-corrected chi connectivity index (χ1v) is 27.6. The van der Waals surface area contributed by atoms with Gasteiger partial charge in [0, 0.05) is 65.6 Å². The molecule has 1 aromatic heterocycles. The molecule has 4 bridgehead atoms. The van der Waals surface area contributed by atoms with Gasteiger partial charge in [0.2, 0.25) is 0 Å². The fraction of sp³-hybridized carbons (Fsp3) is 0.750. The second-order valence-corrected chi connectivity index (χ2v) is 26.2. The summed E-state index contributed by atoms with van der Waals surface area (Å²) >= 11 is 0. The molecule has 9 aliphatic carbocycles. The number of fused-ring (bicyclic) bond motifs is 11. The smallest absolute Gasteiger partial charge is 0.190 e. The number of nitrogens with one attached hydrogen (secondary N) is 1. The highest BCUT2D eigenvalue weighted by Crippen LogP contribution is 2.74. The first-order valence-electron chi connectivity index (χ1n) is 25.1. The molecule has 19 atom stereocenters. The van der Waals surface area contributed by atoms with E-state index >= 15 is 0 Å². The molecule has 1 aliphatic heterocycles. The van der Waals surface area contributed by atoms with Crippen LogP contribution in [0.1, 0.15) is 111 Å². The molecule has 0 amide bonds. The van der Waals surface area contributed by atoms with Gasteiger partial charge in [-0.25, -0.2) is 4.98 Å². The van der Waals surface area contributed by atoms with E-state index in [0.29, 0.717) is 42.4 Å². The minimum atomic E-state index is -1.37. The van der Waals surface area contributed by atoms with Crippen LogP contribution in [0, 0.1) is 81.3 Å². The fourth-order valence-electron chi connectivity index (χ4n) is 17.6. The van der Waals surface area contributed by atoms with Crippen LogP contribution in [0.5, 0.6) is 0 Å². The molecule has 8 N–H and O–H groups in total. The van der Waals surface area contributed by atoms with Gasteiger partial charge >= 0.3 is 0 Å². The Kier molecular flexibility index (Phi) is 11.2. The number of aliphatic imine (C=N–C) groups is 1. The SMILES string of the molecule is CC(O)NC(N)=NCC1CC2(C)C3CC(CSSCC(n4ccnc4)CC(C)(C)C4=C5CCCC6C=CC7CCC8CC3C(O)C4C8=C7C56)C2(O)C2=CC(=O)C3CC(O)C(O)CC3(C)C21. The van der Waals surface area contributed by atoms with Crippen LogP contribution in [0.2, 0.25) is 0 Å². The number of nitrogens with two attached hydrogens (primary N) is 1. The molecule has 2 heterocycles. The maximum absolute atomic E-state index is 14.7. The molecular formula is C52H73N5O6S2. The lowest BCUT2D eigenvalue weighted by molar-refractivity contribution is -0.171. The summed E-state index contributed by atoms with van der Waals surface area (Å²) in [4.78, 5) is 24.1. The fourth-order valence-corrected chi connectivity index (χ4v) is 20.4. The van der Waals surface area contributed by atoms with Crippen LogP contribution in [0.3, 0.4) is 0 Å². The number of guanidine groups is 1. The van der Waals surface area contributed by atoms with Crippen molar-refractivity contribution in [2.24, 2.45) is 92.1 Å². The monoisotopic (exact) mass is 928 g/mol. The average Bonchev–Trinajstić information content (AvgIpc) is 3.87. The molecule has 11 nitrogen and oxygen atoms in total. The highest BCUT2D eigenvalue weighted by molar-refractivity contribution is 8.76. The van der Waals surface area contributed by atoms with Crippen LogP contribution in [0.25, 0.3) is 0 Å². The summed E-state index contributed by atoms with van der Waals surface area (Å²) in [6.45, 7) is 11.2. The third kappa shape index (κ3) is 6.71. The van der Waals surface area contributed by atoms with Crippen LogP contribution in [-0.4, -0.2) is 95.0 Å². The summed E-state index contributed by atoms with van der Waals surface area (Å²) < 4.78 is 2.30. The Hall–Kier alpha value is -2.39. The average molecular weight is 928 g/mol. The van der Waals surface area contributed by atoms with E-state index in [9.17, 15) is 30.3 Å². The predicted octanol–water partition coefficient (Wildman–Crippen LogP) is 6.75. The molecule has 11 rings (SSSR count). The largest absolute Gasteiger partial charge is 0.392 e. The van der Waals surface area contributed by atoms with Gasteiger partial charge in [-0.05, 0) is 141 Å². The van der Waals surface area contributed by atoms with Crippen molar-refractivity contribution in [3.63, 3.8) is 0 Å². The Morgan fingerprint density at radius 3 is 2.57 bits per heavy atom. The van der Waals surface area contributed by atoms with Crippen molar-refractivity contribution in [1.29, 1.82) is 0 Å². The molecule has 1 saturated heterocycles. The van der Waals surface area contributed by atoms with Crippen molar-refractivity contribution in [3.05, 3.63) is 64.8 Å². The first-order chi connectivity index (χ1) is 31.0. The normalized spacial score (nSPS) is 48.1. The first kappa shape index (κ1) is 45.1. The summed E-state index contributed by atoms with van der Waals surface area (Å²) in [5, 5.41) is 63.5. The number of allylic oxidation sites excluding steroid dienone is 5. The number of hydrogen-bond acceptors (Lipinski definition) is 10. The minimum absolute atomic E-state index is 0.0397. The van der Waals surface area contributed by atoms with Crippen LogP contribution in [0.4, 0.5) is 0 Å². The van der Waals surface area contributed by atoms with E-state index < -0.39 is 46.9 Å². The Morgan fingerprint density at radius 1 is 1.00 bits per heavy atom. The van der Waals surface area contributed by atoms with Crippen molar-refractivity contribution in [2.75, 3.05) is 18.1 Å². The maximum atomic E-state index is 14.7. The lowest BCUT2D eigenvalue weighted by Crippen LogP contribution is -2.65. The molecule has 13 heteroatoms.